The summed E-state index contributed by atoms with van der Waals surface area (Å²) in [6, 6.07) is 3.42. The van der Waals surface area contributed by atoms with Gasteiger partial charge in [0.05, 0.1) is 5.56 Å². The first-order valence-corrected chi connectivity index (χ1v) is 5.78. The summed E-state index contributed by atoms with van der Waals surface area (Å²) in [6.07, 6.45) is -2.68. The fourth-order valence-electron chi connectivity index (χ4n) is 2.30. The van der Waals surface area contributed by atoms with Gasteiger partial charge in [-0.2, -0.15) is 13.2 Å². The molecule has 0 N–H and O–H groups in total. The first-order chi connectivity index (χ1) is 9.36. The molecule has 0 saturated carbocycles. The van der Waals surface area contributed by atoms with E-state index in [4.69, 9.17) is 0 Å². The van der Waals surface area contributed by atoms with Gasteiger partial charge >= 0.3 is 12.0 Å². The van der Waals surface area contributed by atoms with Crippen LogP contribution < -0.4 is 0 Å². The summed E-state index contributed by atoms with van der Waals surface area (Å²) in [6.45, 7) is 0.467. The minimum atomic E-state index is -4.45. The first kappa shape index (κ1) is 12.6. The lowest BCUT2D eigenvalue weighted by atomic mass is 9.98. The maximum absolute atomic E-state index is 12.7. The fraction of sp³-hybridized carbons (Fsp3) is 0.250. The lowest BCUT2D eigenvalue weighted by molar-refractivity contribution is -0.389. The molecule has 0 fully saturated rings. The predicted molar refractivity (Wildman–Crippen MR) is 63.0 cm³/mol. The zero-order valence-corrected chi connectivity index (χ0v) is 10.0. The van der Waals surface area contributed by atoms with E-state index in [2.05, 4.69) is 4.98 Å². The van der Waals surface area contributed by atoms with Crippen LogP contribution in [0.4, 0.5) is 19.0 Å². The molecule has 2 aromatic rings. The number of nitrogens with zero attached hydrogens (tertiary/aromatic N) is 3. The van der Waals surface area contributed by atoms with E-state index < -0.39 is 16.7 Å². The zero-order chi connectivity index (χ0) is 14.5. The van der Waals surface area contributed by atoms with Gasteiger partial charge < -0.3 is 14.7 Å². The molecule has 1 aliphatic rings. The Balaban J connectivity index is 2.16. The lowest BCUT2D eigenvalue weighted by Crippen LogP contribution is -2.12. The fourth-order valence-corrected chi connectivity index (χ4v) is 2.30. The van der Waals surface area contributed by atoms with Gasteiger partial charge in [-0.05, 0) is 34.0 Å². The number of halogens is 3. The highest BCUT2D eigenvalue weighted by Gasteiger charge is 2.33. The first-order valence-electron chi connectivity index (χ1n) is 5.78. The van der Waals surface area contributed by atoms with E-state index in [1.165, 1.54) is 16.8 Å². The molecule has 0 aliphatic carbocycles. The zero-order valence-electron chi connectivity index (χ0n) is 10.0. The Morgan fingerprint density at radius 3 is 2.75 bits per heavy atom. The van der Waals surface area contributed by atoms with Crippen molar-refractivity contribution in [1.29, 1.82) is 0 Å². The summed E-state index contributed by atoms with van der Waals surface area (Å²) in [4.78, 5) is 13.9. The van der Waals surface area contributed by atoms with Crippen LogP contribution in [0.2, 0.25) is 0 Å². The highest BCUT2D eigenvalue weighted by atomic mass is 19.4. The van der Waals surface area contributed by atoms with E-state index in [1.807, 2.05) is 0 Å². The molecular weight excluding hydrogens is 275 g/mol. The highest BCUT2D eigenvalue weighted by Crippen LogP contribution is 2.36. The molecule has 0 amide bonds. The molecule has 0 spiro atoms. The minimum Gasteiger partial charge on any atom is -0.358 e. The van der Waals surface area contributed by atoms with Crippen LogP contribution in [0.15, 0.2) is 24.4 Å². The predicted octanol–water partition coefficient (Wildman–Crippen LogP) is 3.03. The minimum absolute atomic E-state index is 0.212. The molecule has 0 radical (unpaired) electrons. The van der Waals surface area contributed by atoms with Crippen molar-refractivity contribution in [2.45, 2.75) is 19.1 Å². The van der Waals surface area contributed by atoms with Crippen LogP contribution in [0.5, 0.6) is 0 Å². The molecule has 0 atom stereocenters. The molecule has 0 unspecified atom stereocenters. The molecule has 3 rings (SSSR count). The molecule has 1 aliphatic heterocycles. The van der Waals surface area contributed by atoms with Crippen molar-refractivity contribution in [3.05, 3.63) is 45.6 Å². The SMILES string of the molecule is O=[N+]([O-])c1cn2c(n1)-c1cc(C(F)(F)F)ccc1CC2. The Morgan fingerprint density at radius 2 is 2.10 bits per heavy atom. The van der Waals surface area contributed by atoms with E-state index in [0.717, 1.165) is 12.1 Å². The molecule has 2 heterocycles. The Labute approximate surface area is 110 Å². The maximum atomic E-state index is 12.7. The number of imidazole rings is 1. The Hall–Kier alpha value is -2.38. The topological polar surface area (TPSA) is 61.0 Å². The van der Waals surface area contributed by atoms with Crippen LogP contribution in [-0.4, -0.2) is 14.5 Å². The maximum Gasteiger partial charge on any atom is 0.416 e. The van der Waals surface area contributed by atoms with Crippen molar-refractivity contribution in [2.75, 3.05) is 0 Å². The van der Waals surface area contributed by atoms with Crippen molar-refractivity contribution in [1.82, 2.24) is 9.55 Å². The normalized spacial score (nSPS) is 13.8. The van der Waals surface area contributed by atoms with Crippen LogP contribution in [0.3, 0.4) is 0 Å². The van der Waals surface area contributed by atoms with E-state index in [-0.39, 0.29) is 11.6 Å². The van der Waals surface area contributed by atoms with Crippen molar-refractivity contribution in [2.24, 2.45) is 0 Å². The van der Waals surface area contributed by atoms with E-state index in [1.54, 1.807) is 0 Å². The summed E-state index contributed by atoms with van der Waals surface area (Å²) in [5.74, 6) is -0.144. The number of aryl methyl sites for hydroxylation is 2. The molecule has 104 valence electrons. The average Bonchev–Trinajstić information content (AvgIpc) is 2.81. The van der Waals surface area contributed by atoms with E-state index >= 15 is 0 Å². The molecular formula is C12H8F3N3O2. The summed E-state index contributed by atoms with van der Waals surface area (Å²) >= 11 is 0. The van der Waals surface area contributed by atoms with Gasteiger partial charge in [0.25, 0.3) is 5.82 Å². The van der Waals surface area contributed by atoms with Gasteiger partial charge in [0.1, 0.15) is 6.20 Å². The van der Waals surface area contributed by atoms with Gasteiger partial charge in [-0.3, -0.25) is 0 Å². The Kier molecular flexibility index (Phi) is 2.56. The third-order valence-corrected chi connectivity index (χ3v) is 3.25. The molecule has 0 saturated heterocycles. The van der Waals surface area contributed by atoms with Crippen LogP contribution in [0.1, 0.15) is 11.1 Å². The second-order valence-corrected chi connectivity index (χ2v) is 4.49. The highest BCUT2D eigenvalue weighted by molar-refractivity contribution is 5.65. The van der Waals surface area contributed by atoms with Gasteiger partial charge in [-0.15, -0.1) is 0 Å². The van der Waals surface area contributed by atoms with Crippen LogP contribution in [-0.2, 0) is 19.1 Å². The largest absolute Gasteiger partial charge is 0.416 e. The number of benzene rings is 1. The molecule has 5 nitrogen and oxygen atoms in total. The second-order valence-electron chi connectivity index (χ2n) is 4.49. The summed E-state index contributed by atoms with van der Waals surface area (Å²) in [5.41, 5.74) is 0.237. The number of hydrogen-bond donors (Lipinski definition) is 0. The van der Waals surface area contributed by atoms with Gasteiger partial charge in [0.2, 0.25) is 0 Å². The Bertz CT molecular complexity index is 706. The third-order valence-electron chi connectivity index (χ3n) is 3.25. The summed E-state index contributed by atoms with van der Waals surface area (Å²) < 4.78 is 39.7. The third kappa shape index (κ3) is 1.93. The molecule has 1 aromatic heterocycles. The van der Waals surface area contributed by atoms with Crippen molar-refractivity contribution < 1.29 is 18.1 Å². The quantitative estimate of drug-likeness (QED) is 0.597. The number of aromatic nitrogens is 2. The van der Waals surface area contributed by atoms with Crippen molar-refractivity contribution in [3.8, 4) is 11.4 Å². The summed E-state index contributed by atoms with van der Waals surface area (Å²) in [7, 11) is 0. The number of hydrogen-bond acceptors (Lipinski definition) is 3. The van der Waals surface area contributed by atoms with Crippen molar-refractivity contribution in [3.63, 3.8) is 0 Å². The van der Waals surface area contributed by atoms with Crippen LogP contribution in [0.25, 0.3) is 11.4 Å². The smallest absolute Gasteiger partial charge is 0.358 e. The number of fused-ring (bicyclic) bond motifs is 3. The number of nitro groups is 1. The van der Waals surface area contributed by atoms with Gasteiger partial charge in [0, 0.05) is 12.1 Å². The van der Waals surface area contributed by atoms with Crippen molar-refractivity contribution >= 4 is 5.82 Å². The lowest BCUT2D eigenvalue weighted by Gasteiger charge is -2.17. The Morgan fingerprint density at radius 1 is 1.35 bits per heavy atom. The van der Waals surface area contributed by atoms with E-state index in [0.29, 0.717) is 24.1 Å². The standard InChI is InChI=1S/C12H8F3N3O2/c13-12(14,15)8-2-1-7-3-4-17-6-10(18(19)20)16-11(17)9(7)5-8/h1-2,5-6H,3-4H2. The van der Waals surface area contributed by atoms with E-state index in [9.17, 15) is 23.3 Å². The molecule has 8 heteroatoms. The van der Waals surface area contributed by atoms with Crippen LogP contribution >= 0.6 is 0 Å². The number of rotatable bonds is 1. The molecule has 1 aromatic carbocycles. The van der Waals surface area contributed by atoms with Gasteiger partial charge in [-0.1, -0.05) is 6.07 Å². The molecule has 0 bridgehead atoms. The average molecular weight is 283 g/mol. The van der Waals surface area contributed by atoms with Crippen LogP contribution in [0, 0.1) is 10.1 Å². The number of alkyl halides is 3. The second kappa shape index (κ2) is 4.06. The van der Waals surface area contributed by atoms with Gasteiger partial charge in [-0.25, -0.2) is 0 Å². The van der Waals surface area contributed by atoms with Gasteiger partial charge in [0.15, 0.2) is 0 Å². The summed E-state index contributed by atoms with van der Waals surface area (Å²) in [5, 5.41) is 10.7. The molecule has 20 heavy (non-hydrogen) atoms. The monoisotopic (exact) mass is 283 g/mol.